The van der Waals surface area contributed by atoms with E-state index in [4.69, 9.17) is 16.3 Å². The SMILES string of the molecule is CS(=O)(=O)c1cccc(Cl)c1CNCC1(O)CCOCC1. The number of nitrogens with one attached hydrogen (secondary N) is 1. The van der Waals surface area contributed by atoms with Gasteiger partial charge in [0.05, 0.1) is 10.5 Å². The number of hydrogen-bond acceptors (Lipinski definition) is 5. The van der Waals surface area contributed by atoms with Gasteiger partial charge < -0.3 is 15.2 Å². The molecule has 1 saturated heterocycles. The molecule has 0 aromatic heterocycles. The van der Waals surface area contributed by atoms with E-state index >= 15 is 0 Å². The summed E-state index contributed by atoms with van der Waals surface area (Å²) < 4.78 is 28.8. The van der Waals surface area contributed by atoms with E-state index in [1.807, 2.05) is 0 Å². The molecule has 0 atom stereocenters. The number of aliphatic hydroxyl groups is 1. The van der Waals surface area contributed by atoms with Gasteiger partial charge in [-0.2, -0.15) is 0 Å². The van der Waals surface area contributed by atoms with E-state index in [1.165, 1.54) is 0 Å². The molecule has 0 spiro atoms. The highest BCUT2D eigenvalue weighted by Crippen LogP contribution is 2.24. The van der Waals surface area contributed by atoms with Crippen molar-refractivity contribution in [2.75, 3.05) is 26.0 Å². The lowest BCUT2D eigenvalue weighted by Gasteiger charge is -2.32. The first-order valence-corrected chi connectivity index (χ1v) is 9.07. The molecule has 0 radical (unpaired) electrons. The second kappa shape index (κ2) is 6.62. The van der Waals surface area contributed by atoms with Gasteiger partial charge in [0.15, 0.2) is 9.84 Å². The summed E-state index contributed by atoms with van der Waals surface area (Å²) in [7, 11) is -3.33. The first kappa shape index (κ1) is 16.7. The Hall–Kier alpha value is -0.660. The van der Waals surface area contributed by atoms with E-state index in [-0.39, 0.29) is 4.90 Å². The summed E-state index contributed by atoms with van der Waals surface area (Å²) in [6.07, 6.45) is 2.30. The molecular formula is C14H20ClNO4S. The highest BCUT2D eigenvalue weighted by Gasteiger charge is 2.29. The zero-order valence-corrected chi connectivity index (χ0v) is 13.5. The topological polar surface area (TPSA) is 75.6 Å². The van der Waals surface area contributed by atoms with Gasteiger partial charge in [-0.15, -0.1) is 0 Å². The molecule has 2 N–H and O–H groups in total. The van der Waals surface area contributed by atoms with Crippen molar-refractivity contribution < 1.29 is 18.3 Å². The third-order valence-corrected chi connectivity index (χ3v) is 5.19. The van der Waals surface area contributed by atoms with Crippen LogP contribution in [0.25, 0.3) is 0 Å². The zero-order valence-electron chi connectivity index (χ0n) is 11.9. The maximum atomic E-state index is 11.8. The molecule has 1 aromatic carbocycles. The van der Waals surface area contributed by atoms with E-state index in [2.05, 4.69) is 5.32 Å². The van der Waals surface area contributed by atoms with Gasteiger partial charge in [-0.05, 0) is 12.1 Å². The van der Waals surface area contributed by atoms with Crippen molar-refractivity contribution in [1.82, 2.24) is 5.32 Å². The molecule has 1 aliphatic rings. The Bertz CT molecular complexity index is 597. The van der Waals surface area contributed by atoms with Crippen molar-refractivity contribution in [3.63, 3.8) is 0 Å². The highest BCUT2D eigenvalue weighted by molar-refractivity contribution is 7.90. The van der Waals surface area contributed by atoms with Gasteiger partial charge in [0.25, 0.3) is 0 Å². The van der Waals surface area contributed by atoms with Crippen LogP contribution < -0.4 is 5.32 Å². The van der Waals surface area contributed by atoms with Crippen molar-refractivity contribution in [2.24, 2.45) is 0 Å². The molecule has 0 bridgehead atoms. The Morgan fingerprint density at radius 1 is 1.38 bits per heavy atom. The van der Waals surface area contributed by atoms with Crippen LogP contribution in [0.5, 0.6) is 0 Å². The molecule has 1 heterocycles. The highest BCUT2D eigenvalue weighted by atomic mass is 35.5. The summed E-state index contributed by atoms with van der Waals surface area (Å²) in [5.41, 5.74) is -0.262. The number of halogens is 1. The van der Waals surface area contributed by atoms with Gasteiger partial charge in [-0.25, -0.2) is 8.42 Å². The van der Waals surface area contributed by atoms with Crippen LogP contribution in [-0.2, 0) is 21.1 Å². The maximum absolute atomic E-state index is 11.8. The minimum Gasteiger partial charge on any atom is -0.388 e. The molecule has 7 heteroatoms. The van der Waals surface area contributed by atoms with Crippen LogP contribution in [0.2, 0.25) is 5.02 Å². The molecule has 0 saturated carbocycles. The Kier molecular flexibility index (Phi) is 5.27. The maximum Gasteiger partial charge on any atom is 0.175 e. The van der Waals surface area contributed by atoms with Gasteiger partial charge in [-0.1, -0.05) is 17.7 Å². The standard InChI is InChI=1S/C14H20ClNO4S/c1-21(18,19)13-4-2-3-12(15)11(13)9-16-10-14(17)5-7-20-8-6-14/h2-4,16-17H,5-10H2,1H3. The summed E-state index contributed by atoms with van der Waals surface area (Å²) in [6.45, 7) is 1.76. The van der Waals surface area contributed by atoms with E-state index in [0.717, 1.165) is 6.26 Å². The van der Waals surface area contributed by atoms with E-state index in [9.17, 15) is 13.5 Å². The monoisotopic (exact) mass is 333 g/mol. The molecule has 0 unspecified atom stereocenters. The number of hydrogen-bond donors (Lipinski definition) is 2. The van der Waals surface area contributed by atoms with Crippen molar-refractivity contribution in [1.29, 1.82) is 0 Å². The molecule has 21 heavy (non-hydrogen) atoms. The van der Waals surface area contributed by atoms with Crippen LogP contribution in [0.4, 0.5) is 0 Å². The minimum absolute atomic E-state index is 0.224. The first-order valence-electron chi connectivity index (χ1n) is 6.80. The summed E-state index contributed by atoms with van der Waals surface area (Å²) in [5.74, 6) is 0. The number of rotatable bonds is 5. The lowest BCUT2D eigenvalue weighted by molar-refractivity contribution is -0.0617. The summed E-state index contributed by atoms with van der Waals surface area (Å²) in [4.78, 5) is 0.224. The van der Waals surface area contributed by atoms with E-state index in [1.54, 1.807) is 18.2 Å². The summed E-state index contributed by atoms with van der Waals surface area (Å²) in [6, 6.07) is 4.83. The lowest BCUT2D eigenvalue weighted by atomic mass is 9.94. The molecular weight excluding hydrogens is 314 g/mol. The average Bonchev–Trinajstić information content (AvgIpc) is 2.40. The summed E-state index contributed by atoms with van der Waals surface area (Å²) >= 11 is 6.10. The Morgan fingerprint density at radius 3 is 2.67 bits per heavy atom. The van der Waals surface area contributed by atoms with Crippen molar-refractivity contribution >= 4 is 21.4 Å². The molecule has 0 aliphatic carbocycles. The fourth-order valence-electron chi connectivity index (χ4n) is 2.41. The fourth-order valence-corrected chi connectivity index (χ4v) is 3.66. The fraction of sp³-hybridized carbons (Fsp3) is 0.571. The quantitative estimate of drug-likeness (QED) is 0.851. The lowest BCUT2D eigenvalue weighted by Crippen LogP contribution is -2.44. The molecule has 1 fully saturated rings. The molecule has 5 nitrogen and oxygen atoms in total. The van der Waals surface area contributed by atoms with Gasteiger partial charge >= 0.3 is 0 Å². The van der Waals surface area contributed by atoms with Crippen LogP contribution in [0.1, 0.15) is 18.4 Å². The van der Waals surface area contributed by atoms with Crippen molar-refractivity contribution in [3.8, 4) is 0 Å². The predicted molar refractivity (Wildman–Crippen MR) is 81.3 cm³/mol. The number of ether oxygens (including phenoxy) is 1. The molecule has 0 amide bonds. The molecule has 1 aliphatic heterocycles. The third kappa shape index (κ3) is 4.40. The van der Waals surface area contributed by atoms with Gasteiger partial charge in [0.1, 0.15) is 0 Å². The number of benzene rings is 1. The molecule has 2 rings (SSSR count). The van der Waals surface area contributed by atoms with Crippen molar-refractivity contribution in [2.45, 2.75) is 29.9 Å². The second-order valence-electron chi connectivity index (χ2n) is 5.43. The van der Waals surface area contributed by atoms with Gasteiger partial charge in [-0.3, -0.25) is 0 Å². The van der Waals surface area contributed by atoms with Crippen LogP contribution >= 0.6 is 11.6 Å². The number of sulfone groups is 1. The molecule has 118 valence electrons. The minimum atomic E-state index is -3.33. The molecule has 1 aromatic rings. The van der Waals surface area contributed by atoms with Crippen LogP contribution in [0.3, 0.4) is 0 Å². The van der Waals surface area contributed by atoms with Crippen molar-refractivity contribution in [3.05, 3.63) is 28.8 Å². The third-order valence-electron chi connectivity index (χ3n) is 3.65. The largest absolute Gasteiger partial charge is 0.388 e. The second-order valence-corrected chi connectivity index (χ2v) is 7.82. The van der Waals surface area contributed by atoms with Crippen LogP contribution in [0, 0.1) is 0 Å². The Balaban J connectivity index is 2.06. The predicted octanol–water partition coefficient (Wildman–Crippen LogP) is 1.37. The van der Waals surface area contributed by atoms with Crippen LogP contribution in [0.15, 0.2) is 23.1 Å². The Morgan fingerprint density at radius 2 is 2.05 bits per heavy atom. The van der Waals surface area contributed by atoms with Gasteiger partial charge in [0.2, 0.25) is 0 Å². The normalized spacial score (nSPS) is 18.6. The average molecular weight is 334 g/mol. The first-order chi connectivity index (χ1) is 9.82. The van der Waals surface area contributed by atoms with E-state index in [0.29, 0.717) is 49.7 Å². The summed E-state index contributed by atoms with van der Waals surface area (Å²) in [5, 5.41) is 13.9. The Labute approximate surface area is 130 Å². The zero-order chi connectivity index (χ0) is 15.5. The van der Waals surface area contributed by atoms with E-state index < -0.39 is 15.4 Å². The van der Waals surface area contributed by atoms with Gasteiger partial charge in [0, 0.05) is 56.0 Å². The smallest absolute Gasteiger partial charge is 0.175 e. The van der Waals surface area contributed by atoms with Crippen LogP contribution in [-0.4, -0.2) is 45.1 Å².